The molecule has 1 heterocycles. The van der Waals surface area contributed by atoms with Crippen LogP contribution >= 0.6 is 11.3 Å². The lowest BCUT2D eigenvalue weighted by atomic mass is 9.87. The number of carbonyl (C=O) groups is 1. The van der Waals surface area contributed by atoms with Gasteiger partial charge in [-0.25, -0.2) is 0 Å². The van der Waals surface area contributed by atoms with Gasteiger partial charge in [0, 0.05) is 28.9 Å². The van der Waals surface area contributed by atoms with Crippen molar-refractivity contribution in [1.29, 1.82) is 0 Å². The van der Waals surface area contributed by atoms with Crippen molar-refractivity contribution in [1.82, 2.24) is 5.32 Å². The largest absolute Gasteiger partial charge is 0.488 e. The van der Waals surface area contributed by atoms with E-state index in [2.05, 4.69) is 5.32 Å². The molecule has 4 rings (SSSR count). The molecule has 25 heavy (non-hydrogen) atoms. The number of aliphatic hydroxyl groups is 1. The number of rotatable bonds is 5. The van der Waals surface area contributed by atoms with Crippen LogP contribution in [0.3, 0.4) is 0 Å². The van der Waals surface area contributed by atoms with E-state index in [1.165, 1.54) is 4.88 Å². The molecule has 0 spiro atoms. The van der Waals surface area contributed by atoms with E-state index in [1.54, 1.807) is 11.3 Å². The predicted octanol–water partition coefficient (Wildman–Crippen LogP) is 3.05. The Bertz CT molecular complexity index is 730. The number of carbonyl (C=O) groups excluding carboxylic acids is 1. The van der Waals surface area contributed by atoms with Gasteiger partial charge in [-0.2, -0.15) is 0 Å². The maximum Gasteiger partial charge on any atom is 0.168 e. The van der Waals surface area contributed by atoms with Crippen LogP contribution in [-0.4, -0.2) is 35.7 Å². The van der Waals surface area contributed by atoms with Crippen molar-refractivity contribution < 1.29 is 14.6 Å². The number of thiophene rings is 1. The number of benzene rings is 1. The number of hydrogen-bond acceptors (Lipinski definition) is 5. The van der Waals surface area contributed by atoms with Gasteiger partial charge < -0.3 is 15.2 Å². The first-order chi connectivity index (χ1) is 12.2. The van der Waals surface area contributed by atoms with Gasteiger partial charge >= 0.3 is 0 Å². The van der Waals surface area contributed by atoms with Crippen LogP contribution in [0.15, 0.2) is 41.8 Å². The molecule has 1 saturated carbocycles. The minimum Gasteiger partial charge on any atom is -0.488 e. The summed E-state index contributed by atoms with van der Waals surface area (Å²) in [6.07, 6.45) is 2.83. The van der Waals surface area contributed by atoms with Gasteiger partial charge in [0.2, 0.25) is 0 Å². The van der Waals surface area contributed by atoms with E-state index >= 15 is 0 Å². The summed E-state index contributed by atoms with van der Waals surface area (Å²) in [6, 6.07) is 11.6. The zero-order valence-electron chi connectivity index (χ0n) is 14.1. The Kier molecular flexibility index (Phi) is 4.88. The van der Waals surface area contributed by atoms with Crippen molar-refractivity contribution in [3.8, 4) is 5.75 Å². The van der Waals surface area contributed by atoms with Gasteiger partial charge in [0.05, 0.1) is 0 Å². The topological polar surface area (TPSA) is 58.6 Å². The third-order valence-electron chi connectivity index (χ3n) is 5.31. The Morgan fingerprint density at radius 2 is 2.00 bits per heavy atom. The molecule has 1 aromatic carbocycles. The van der Waals surface area contributed by atoms with E-state index in [0.29, 0.717) is 6.54 Å². The number of para-hydroxylation sites is 1. The summed E-state index contributed by atoms with van der Waals surface area (Å²) < 4.78 is 5.91. The van der Waals surface area contributed by atoms with E-state index in [0.717, 1.165) is 37.0 Å². The van der Waals surface area contributed by atoms with Gasteiger partial charge in [0.15, 0.2) is 5.78 Å². The summed E-state index contributed by atoms with van der Waals surface area (Å²) in [5.74, 6) is 1.06. The van der Waals surface area contributed by atoms with Crippen molar-refractivity contribution in [3.05, 3.63) is 52.2 Å². The van der Waals surface area contributed by atoms with Crippen LogP contribution in [0.1, 0.15) is 34.5 Å². The molecule has 1 unspecified atom stereocenters. The van der Waals surface area contributed by atoms with Crippen molar-refractivity contribution in [3.63, 3.8) is 0 Å². The van der Waals surface area contributed by atoms with Crippen LogP contribution in [0, 0.1) is 5.92 Å². The highest BCUT2D eigenvalue weighted by Crippen LogP contribution is 2.30. The van der Waals surface area contributed by atoms with E-state index in [-0.39, 0.29) is 23.8 Å². The summed E-state index contributed by atoms with van der Waals surface area (Å²) in [7, 11) is 0. The Balaban J connectivity index is 1.31. The van der Waals surface area contributed by atoms with Crippen LogP contribution in [0.5, 0.6) is 5.75 Å². The third kappa shape index (κ3) is 3.50. The molecule has 0 saturated heterocycles. The molecule has 1 fully saturated rings. The molecule has 132 valence electrons. The second-order valence-electron chi connectivity index (χ2n) is 6.91. The Morgan fingerprint density at radius 3 is 2.84 bits per heavy atom. The average molecular weight is 357 g/mol. The van der Waals surface area contributed by atoms with Gasteiger partial charge in [-0.05, 0) is 49.3 Å². The van der Waals surface area contributed by atoms with Gasteiger partial charge in [-0.15, -0.1) is 11.3 Å². The molecule has 0 amide bonds. The maximum atomic E-state index is 12.5. The zero-order chi connectivity index (χ0) is 17.2. The second kappa shape index (κ2) is 7.28. The molecule has 0 aliphatic heterocycles. The van der Waals surface area contributed by atoms with Crippen LogP contribution in [-0.2, 0) is 6.42 Å². The van der Waals surface area contributed by atoms with Crippen molar-refractivity contribution in [2.45, 2.75) is 43.9 Å². The minimum absolute atomic E-state index is 0.00890. The van der Waals surface area contributed by atoms with Crippen LogP contribution < -0.4 is 10.1 Å². The highest BCUT2D eigenvalue weighted by molar-refractivity contribution is 7.10. The maximum absolute atomic E-state index is 12.5. The minimum atomic E-state index is -0.546. The summed E-state index contributed by atoms with van der Waals surface area (Å²) in [5, 5.41) is 16.0. The van der Waals surface area contributed by atoms with E-state index in [1.807, 2.05) is 41.8 Å². The van der Waals surface area contributed by atoms with E-state index in [4.69, 9.17) is 4.74 Å². The Morgan fingerprint density at radius 1 is 1.16 bits per heavy atom. The number of aryl methyl sites for hydroxylation is 1. The molecule has 2 aliphatic carbocycles. The van der Waals surface area contributed by atoms with Crippen molar-refractivity contribution >= 4 is 17.1 Å². The first-order valence-corrected chi connectivity index (χ1v) is 9.84. The number of aliphatic hydroxyl groups excluding tert-OH is 1. The molecule has 5 heteroatoms. The summed E-state index contributed by atoms with van der Waals surface area (Å²) in [5.41, 5.74) is 0.903. The lowest BCUT2D eigenvalue weighted by Gasteiger charge is -2.25. The Hall–Kier alpha value is -1.69. The van der Waals surface area contributed by atoms with Crippen LogP contribution in [0.2, 0.25) is 0 Å². The van der Waals surface area contributed by atoms with Gasteiger partial charge in [0.25, 0.3) is 0 Å². The van der Waals surface area contributed by atoms with Crippen molar-refractivity contribution in [2.75, 3.05) is 6.54 Å². The lowest BCUT2D eigenvalue weighted by molar-refractivity contribution is 0.0442. The molecular formula is C20H23NO3S. The van der Waals surface area contributed by atoms with E-state index < -0.39 is 6.10 Å². The monoisotopic (exact) mass is 357 g/mol. The normalized spacial score (nSPS) is 28.8. The molecule has 2 aliphatic rings. The zero-order valence-corrected chi connectivity index (χ0v) is 14.9. The van der Waals surface area contributed by atoms with Crippen molar-refractivity contribution in [2.24, 2.45) is 5.92 Å². The number of ether oxygens (including phenoxy) is 1. The molecular weight excluding hydrogens is 334 g/mol. The molecule has 4 atom stereocenters. The van der Waals surface area contributed by atoms with Gasteiger partial charge in [-0.3, -0.25) is 4.79 Å². The highest BCUT2D eigenvalue weighted by Gasteiger charge is 2.37. The van der Waals surface area contributed by atoms with Crippen LogP contribution in [0.4, 0.5) is 0 Å². The van der Waals surface area contributed by atoms with Crippen LogP contribution in [0.25, 0.3) is 0 Å². The fourth-order valence-electron chi connectivity index (χ4n) is 3.87. The predicted molar refractivity (Wildman–Crippen MR) is 98.4 cm³/mol. The fraction of sp³-hybridized carbons (Fsp3) is 0.450. The Labute approximate surface area is 151 Å². The smallest absolute Gasteiger partial charge is 0.168 e. The molecule has 0 radical (unpaired) electrons. The summed E-state index contributed by atoms with van der Waals surface area (Å²) in [4.78, 5) is 13.8. The average Bonchev–Trinajstić information content (AvgIpc) is 3.24. The number of Topliss-reactive ketones (excluding diaryl/α,β-unsaturated/α-hetero) is 1. The number of ketones is 1. The summed E-state index contributed by atoms with van der Waals surface area (Å²) >= 11 is 1.68. The lowest BCUT2D eigenvalue weighted by Crippen LogP contribution is -2.44. The molecule has 2 aromatic rings. The third-order valence-corrected chi connectivity index (χ3v) is 6.29. The number of hydrogen-bond donors (Lipinski definition) is 2. The highest BCUT2D eigenvalue weighted by atomic mass is 32.1. The van der Waals surface area contributed by atoms with Gasteiger partial charge in [-0.1, -0.05) is 18.2 Å². The summed E-state index contributed by atoms with van der Waals surface area (Å²) in [6.45, 7) is 0.633. The standard InChI is InChI=1S/C20H23NO3S/c22-19-13(6-9-18-15(19)10-11-25-18)12-21-16-7-8-17(20(16)23)24-14-4-2-1-3-5-14/h1-5,10-11,13,16-17,20-21,23H,6-9,12H2/t13?,16-,17-,20-/m1/s1. The quantitative estimate of drug-likeness (QED) is 0.863. The molecule has 1 aromatic heterocycles. The molecule has 4 nitrogen and oxygen atoms in total. The van der Waals surface area contributed by atoms with Gasteiger partial charge in [0.1, 0.15) is 18.0 Å². The molecule has 0 bridgehead atoms. The second-order valence-corrected chi connectivity index (χ2v) is 7.91. The first kappa shape index (κ1) is 16.8. The first-order valence-electron chi connectivity index (χ1n) is 8.96. The number of nitrogens with one attached hydrogen (secondary N) is 1. The van der Waals surface area contributed by atoms with E-state index in [9.17, 15) is 9.90 Å². The molecule has 2 N–H and O–H groups in total. The fourth-order valence-corrected chi connectivity index (χ4v) is 4.77. The SMILES string of the molecule is O=C1c2ccsc2CCC1CN[C@@H]1CC[C@@H](Oc2ccccc2)[C@@H]1O. The number of fused-ring (bicyclic) bond motifs is 1.